The summed E-state index contributed by atoms with van der Waals surface area (Å²) in [6.45, 7) is -0.0675. The van der Waals surface area contributed by atoms with Crippen LogP contribution in [-0.2, 0) is 4.74 Å². The van der Waals surface area contributed by atoms with Crippen LogP contribution in [0.25, 0.3) is 0 Å². The first kappa shape index (κ1) is 16.6. The van der Waals surface area contributed by atoms with Crippen molar-refractivity contribution in [2.45, 2.75) is 19.8 Å². The minimum Gasteiger partial charge on any atom is -0.445 e. The van der Waals surface area contributed by atoms with Gasteiger partial charge in [0.1, 0.15) is 0 Å². The van der Waals surface area contributed by atoms with Gasteiger partial charge in [0.15, 0.2) is 0 Å². The largest absolute Gasteiger partial charge is 1.00 e. The van der Waals surface area contributed by atoms with Crippen LogP contribution in [0.3, 0.4) is 0 Å². The predicted molar refractivity (Wildman–Crippen MR) is 43.9 cm³/mol. The van der Waals surface area contributed by atoms with Crippen LogP contribution >= 0.6 is 0 Å². The first-order chi connectivity index (χ1) is 5.48. The quantitative estimate of drug-likeness (QED) is 0.443. The molecule has 0 radical (unpaired) electrons. The fraction of sp³-hybridized carbons (Fsp3) is 0.714. The molecule has 0 aromatic heterocycles. The second-order valence-corrected chi connectivity index (χ2v) is 2.64. The van der Waals surface area contributed by atoms with Gasteiger partial charge in [-0.25, -0.2) is 0 Å². The third kappa shape index (κ3) is 9.49. The molecule has 0 aromatic carbocycles. The second kappa shape index (κ2) is 8.50. The zero-order valence-electron chi connectivity index (χ0n) is 8.16. The Morgan fingerprint density at radius 1 is 1.38 bits per heavy atom. The van der Waals surface area contributed by atoms with Crippen molar-refractivity contribution < 1.29 is 69.1 Å². The number of halogens is 3. The zero-order chi connectivity index (χ0) is 9.61. The second-order valence-electron chi connectivity index (χ2n) is 2.64. The van der Waals surface area contributed by atoms with Crippen LogP contribution in [0.5, 0.6) is 0 Å². The van der Waals surface area contributed by atoms with Crippen molar-refractivity contribution in [3.05, 3.63) is 12.1 Å². The topological polar surface area (TPSA) is 9.23 Å². The van der Waals surface area contributed by atoms with Gasteiger partial charge in [0.25, 0.3) is 0 Å². The molecule has 0 aliphatic heterocycles. The Bertz CT molecular complexity index is 149. The molecule has 0 saturated heterocycles. The predicted octanol–water partition coefficient (Wildman–Crippen LogP) is -0.250. The third-order valence-corrected chi connectivity index (χ3v) is 1.39. The van der Waals surface area contributed by atoms with Crippen LogP contribution in [0, 0.1) is 0 Å². The molecule has 0 unspecified atom stereocenters. The van der Waals surface area contributed by atoms with Gasteiger partial charge in [-0.15, -0.1) is 12.1 Å². The van der Waals surface area contributed by atoms with Crippen molar-refractivity contribution in [1.82, 2.24) is 0 Å². The van der Waals surface area contributed by atoms with Gasteiger partial charge in [-0.3, -0.25) is 0 Å². The average molecular weight is 220 g/mol. The SMILES string of the molecule is C=C(COCCCC)[B-](F)(F)F.[K+]. The van der Waals surface area contributed by atoms with Crippen LogP contribution in [-0.4, -0.2) is 20.2 Å². The summed E-state index contributed by atoms with van der Waals surface area (Å²) in [7, 11) is 0. The summed E-state index contributed by atoms with van der Waals surface area (Å²) in [6.07, 6.45) is 1.71. The van der Waals surface area contributed by atoms with E-state index in [-0.39, 0.29) is 58.0 Å². The van der Waals surface area contributed by atoms with Crippen molar-refractivity contribution in [1.29, 1.82) is 0 Å². The van der Waals surface area contributed by atoms with Crippen molar-refractivity contribution in [2.24, 2.45) is 0 Å². The van der Waals surface area contributed by atoms with Crippen LogP contribution in [0.2, 0.25) is 0 Å². The Hall–Kier alpha value is 1.19. The van der Waals surface area contributed by atoms with Gasteiger partial charge in [-0.2, -0.15) is 0 Å². The summed E-state index contributed by atoms with van der Waals surface area (Å²) in [5.41, 5.74) is -0.758. The molecule has 6 heteroatoms. The molecule has 72 valence electrons. The first-order valence-electron chi connectivity index (χ1n) is 3.93. The molecule has 0 aliphatic carbocycles. The fourth-order valence-corrected chi connectivity index (χ4v) is 0.544. The summed E-state index contributed by atoms with van der Waals surface area (Å²) >= 11 is 0. The Balaban J connectivity index is 0. The molecule has 0 aliphatic rings. The number of rotatable bonds is 6. The van der Waals surface area contributed by atoms with E-state index in [1.807, 2.05) is 6.92 Å². The number of hydrogen-bond donors (Lipinski definition) is 0. The Morgan fingerprint density at radius 2 is 1.92 bits per heavy atom. The molecule has 0 atom stereocenters. The van der Waals surface area contributed by atoms with Gasteiger partial charge in [-0.1, -0.05) is 13.3 Å². The van der Waals surface area contributed by atoms with Gasteiger partial charge in [0.2, 0.25) is 0 Å². The summed E-state index contributed by atoms with van der Waals surface area (Å²) in [5.74, 6) is 0. The number of unbranched alkanes of at least 4 members (excludes halogenated alkanes) is 1. The van der Waals surface area contributed by atoms with E-state index in [4.69, 9.17) is 4.74 Å². The van der Waals surface area contributed by atoms with Crippen molar-refractivity contribution in [3.63, 3.8) is 0 Å². The first-order valence-corrected chi connectivity index (χ1v) is 3.93. The Kier molecular flexibility index (Phi) is 10.9. The molecule has 0 aromatic rings. The molecular weight excluding hydrogens is 207 g/mol. The standard InChI is InChI=1S/C7H13BF3O.K/c1-3-4-5-12-6-7(2)8(9,10)11;/h2-6H2,1H3;/q-1;+1. The van der Waals surface area contributed by atoms with Crippen LogP contribution < -0.4 is 51.4 Å². The summed E-state index contributed by atoms with van der Waals surface area (Å²) in [6, 6.07) is 0. The molecule has 0 rings (SSSR count). The smallest absolute Gasteiger partial charge is 0.445 e. The number of hydrogen-bond acceptors (Lipinski definition) is 1. The maximum Gasteiger partial charge on any atom is 1.00 e. The molecule has 13 heavy (non-hydrogen) atoms. The van der Waals surface area contributed by atoms with Crippen LogP contribution in [0.1, 0.15) is 19.8 Å². The van der Waals surface area contributed by atoms with Gasteiger partial charge in [0.05, 0.1) is 0 Å². The average Bonchev–Trinajstić information content (AvgIpc) is 1.96. The van der Waals surface area contributed by atoms with E-state index in [1.165, 1.54) is 0 Å². The summed E-state index contributed by atoms with van der Waals surface area (Å²) in [4.78, 5) is 0. The van der Waals surface area contributed by atoms with E-state index in [2.05, 4.69) is 6.58 Å². The van der Waals surface area contributed by atoms with Gasteiger partial charge in [-0.05, 0) is 6.42 Å². The maximum atomic E-state index is 11.8. The van der Waals surface area contributed by atoms with E-state index in [0.29, 0.717) is 6.61 Å². The molecule has 0 saturated carbocycles. The van der Waals surface area contributed by atoms with Gasteiger partial charge >= 0.3 is 58.4 Å². The molecule has 1 nitrogen and oxygen atoms in total. The Labute approximate surface area is 120 Å². The molecule has 0 fully saturated rings. The van der Waals surface area contributed by atoms with E-state index in [0.717, 1.165) is 12.8 Å². The van der Waals surface area contributed by atoms with E-state index < -0.39 is 12.4 Å². The van der Waals surface area contributed by atoms with Crippen molar-refractivity contribution >= 4 is 6.98 Å². The molecular formula is C7H13BF3KO. The van der Waals surface area contributed by atoms with Gasteiger partial charge in [0, 0.05) is 13.2 Å². The van der Waals surface area contributed by atoms with Crippen LogP contribution in [0.15, 0.2) is 12.1 Å². The maximum absolute atomic E-state index is 11.8. The van der Waals surface area contributed by atoms with E-state index in [1.54, 1.807) is 0 Å². The minimum absolute atomic E-state index is 0. The van der Waals surface area contributed by atoms with E-state index in [9.17, 15) is 12.9 Å². The van der Waals surface area contributed by atoms with Gasteiger partial charge < -0.3 is 17.7 Å². The fourth-order valence-electron chi connectivity index (χ4n) is 0.544. The van der Waals surface area contributed by atoms with E-state index >= 15 is 0 Å². The normalized spacial score (nSPS) is 10.8. The zero-order valence-corrected chi connectivity index (χ0v) is 11.3. The summed E-state index contributed by atoms with van der Waals surface area (Å²) in [5, 5.41) is 0. The third-order valence-electron chi connectivity index (χ3n) is 1.39. The monoisotopic (exact) mass is 220 g/mol. The molecule has 0 bridgehead atoms. The van der Waals surface area contributed by atoms with Crippen LogP contribution in [0.4, 0.5) is 12.9 Å². The molecule has 0 N–H and O–H groups in total. The molecule has 0 heterocycles. The van der Waals surface area contributed by atoms with Crippen molar-refractivity contribution in [3.8, 4) is 0 Å². The molecule has 0 spiro atoms. The Morgan fingerprint density at radius 3 is 2.31 bits per heavy atom. The van der Waals surface area contributed by atoms with Crippen molar-refractivity contribution in [2.75, 3.05) is 13.2 Å². The minimum atomic E-state index is -4.91. The molecule has 0 amide bonds. The number of ether oxygens (including phenoxy) is 1. The summed E-state index contributed by atoms with van der Waals surface area (Å²) < 4.78 is 40.3.